The number of hydrogen-bond donors (Lipinski definition) is 0. The van der Waals surface area contributed by atoms with Crippen molar-refractivity contribution in [2.45, 2.75) is 52.5 Å². The van der Waals surface area contributed by atoms with Crippen molar-refractivity contribution < 1.29 is 8.78 Å². The topological polar surface area (TPSA) is 3.24 Å². The van der Waals surface area contributed by atoms with Gasteiger partial charge in [-0.25, -0.2) is 8.78 Å². The summed E-state index contributed by atoms with van der Waals surface area (Å²) >= 11 is 0. The molecule has 0 unspecified atom stereocenters. The first kappa shape index (κ1) is 12.9. The fourth-order valence-electron chi connectivity index (χ4n) is 2.27. The van der Waals surface area contributed by atoms with Crippen molar-refractivity contribution in [2.75, 3.05) is 13.1 Å². The fraction of sp³-hybridized carbons (Fsp3) is 1.00. The number of alkyl halides is 2. The molecule has 1 heterocycles. The van der Waals surface area contributed by atoms with Crippen LogP contribution in [-0.2, 0) is 0 Å². The van der Waals surface area contributed by atoms with E-state index in [0.29, 0.717) is 18.9 Å². The van der Waals surface area contributed by atoms with Crippen LogP contribution < -0.4 is 0 Å². The van der Waals surface area contributed by atoms with Crippen LogP contribution in [0, 0.1) is 11.8 Å². The molecule has 0 aromatic rings. The third kappa shape index (κ3) is 2.90. The smallest absolute Gasteiger partial charge is 0.253 e. The highest BCUT2D eigenvalue weighted by molar-refractivity contribution is 4.85. The fourth-order valence-corrected chi connectivity index (χ4v) is 2.27. The molecular formula is C12H23F2N. The second-order valence-corrected chi connectivity index (χ2v) is 5.23. The van der Waals surface area contributed by atoms with Gasteiger partial charge in [0.05, 0.1) is 0 Å². The van der Waals surface area contributed by atoms with Crippen LogP contribution >= 0.6 is 0 Å². The minimum atomic E-state index is -2.48. The summed E-state index contributed by atoms with van der Waals surface area (Å²) < 4.78 is 27.5. The Bertz CT molecular complexity index is 194. The SMILES string of the molecule is CC(C)N1CCC(C(F)(F)C(C)C)CC1. The standard InChI is InChI=1S/C12H23F2N/c1-9(2)12(13,14)11-5-7-15(8-6-11)10(3)4/h9-11H,5-8H2,1-4H3. The first-order valence-corrected chi connectivity index (χ1v) is 5.97. The van der Waals surface area contributed by atoms with Crippen LogP contribution in [-0.4, -0.2) is 30.0 Å². The third-order valence-corrected chi connectivity index (χ3v) is 3.57. The minimum absolute atomic E-state index is 0.410. The molecule has 3 heteroatoms. The van der Waals surface area contributed by atoms with E-state index in [2.05, 4.69) is 18.7 Å². The quantitative estimate of drug-likeness (QED) is 0.703. The molecule has 0 N–H and O–H groups in total. The van der Waals surface area contributed by atoms with E-state index in [1.165, 1.54) is 0 Å². The highest BCUT2D eigenvalue weighted by Crippen LogP contribution is 2.38. The number of piperidine rings is 1. The highest BCUT2D eigenvalue weighted by atomic mass is 19.3. The lowest BCUT2D eigenvalue weighted by Gasteiger charge is -2.39. The van der Waals surface area contributed by atoms with E-state index in [1.54, 1.807) is 13.8 Å². The molecule has 0 aliphatic carbocycles. The number of likely N-dealkylation sites (tertiary alicyclic amines) is 1. The summed E-state index contributed by atoms with van der Waals surface area (Å²) in [7, 11) is 0. The molecule has 0 radical (unpaired) electrons. The van der Waals surface area contributed by atoms with Gasteiger partial charge in [0.15, 0.2) is 0 Å². The lowest BCUT2D eigenvalue weighted by atomic mass is 9.84. The molecular weight excluding hydrogens is 196 g/mol. The molecule has 0 spiro atoms. The van der Waals surface area contributed by atoms with Crippen LogP contribution in [0.5, 0.6) is 0 Å². The average molecular weight is 219 g/mol. The van der Waals surface area contributed by atoms with Gasteiger partial charge >= 0.3 is 0 Å². The van der Waals surface area contributed by atoms with E-state index in [-0.39, 0.29) is 0 Å². The largest absolute Gasteiger partial charge is 0.301 e. The van der Waals surface area contributed by atoms with E-state index in [0.717, 1.165) is 13.1 Å². The highest BCUT2D eigenvalue weighted by Gasteiger charge is 2.43. The molecule has 1 aliphatic heterocycles. The van der Waals surface area contributed by atoms with Gasteiger partial charge in [-0.1, -0.05) is 13.8 Å². The summed E-state index contributed by atoms with van der Waals surface area (Å²) in [6, 6.07) is 0.485. The molecule has 1 aliphatic rings. The van der Waals surface area contributed by atoms with Gasteiger partial charge in [-0.15, -0.1) is 0 Å². The van der Waals surface area contributed by atoms with Crippen molar-refractivity contribution in [3.8, 4) is 0 Å². The van der Waals surface area contributed by atoms with Crippen LogP contribution in [0.1, 0.15) is 40.5 Å². The van der Waals surface area contributed by atoms with Crippen LogP contribution in [0.4, 0.5) is 8.78 Å². The van der Waals surface area contributed by atoms with Crippen molar-refractivity contribution in [3.05, 3.63) is 0 Å². The van der Waals surface area contributed by atoms with Gasteiger partial charge in [0.1, 0.15) is 0 Å². The molecule has 0 saturated carbocycles. The Morgan fingerprint density at radius 3 is 1.87 bits per heavy atom. The normalized spacial score (nSPS) is 21.6. The Balaban J connectivity index is 2.50. The van der Waals surface area contributed by atoms with Crippen LogP contribution in [0.15, 0.2) is 0 Å². The van der Waals surface area contributed by atoms with Crippen molar-refractivity contribution in [2.24, 2.45) is 11.8 Å². The molecule has 1 rings (SSSR count). The number of rotatable bonds is 3. The maximum Gasteiger partial charge on any atom is 0.253 e. The van der Waals surface area contributed by atoms with Gasteiger partial charge in [0.2, 0.25) is 0 Å². The van der Waals surface area contributed by atoms with E-state index in [9.17, 15) is 8.78 Å². The molecule has 1 saturated heterocycles. The average Bonchev–Trinajstić information content (AvgIpc) is 2.17. The van der Waals surface area contributed by atoms with Gasteiger partial charge in [-0.2, -0.15) is 0 Å². The van der Waals surface area contributed by atoms with Gasteiger partial charge < -0.3 is 4.90 Å². The zero-order chi connectivity index (χ0) is 11.6. The Morgan fingerprint density at radius 1 is 1.07 bits per heavy atom. The minimum Gasteiger partial charge on any atom is -0.301 e. The summed E-state index contributed by atoms with van der Waals surface area (Å²) in [4.78, 5) is 2.28. The molecule has 0 atom stereocenters. The van der Waals surface area contributed by atoms with E-state index in [1.807, 2.05) is 0 Å². The first-order chi connectivity index (χ1) is 6.85. The van der Waals surface area contributed by atoms with Gasteiger partial charge in [-0.3, -0.25) is 0 Å². The predicted molar refractivity (Wildman–Crippen MR) is 59.2 cm³/mol. The molecule has 0 bridgehead atoms. The maximum absolute atomic E-state index is 13.7. The van der Waals surface area contributed by atoms with Crippen molar-refractivity contribution in [3.63, 3.8) is 0 Å². The van der Waals surface area contributed by atoms with E-state index in [4.69, 9.17) is 0 Å². The Morgan fingerprint density at radius 2 is 1.53 bits per heavy atom. The summed E-state index contributed by atoms with van der Waals surface area (Å²) in [5.41, 5.74) is 0. The number of hydrogen-bond acceptors (Lipinski definition) is 1. The van der Waals surface area contributed by atoms with Gasteiger partial charge in [0.25, 0.3) is 5.92 Å². The predicted octanol–water partition coefficient (Wildman–Crippen LogP) is 3.40. The van der Waals surface area contributed by atoms with Crippen molar-refractivity contribution in [1.82, 2.24) is 4.90 Å². The summed E-state index contributed by atoms with van der Waals surface area (Å²) in [5.74, 6) is -3.43. The molecule has 15 heavy (non-hydrogen) atoms. The lowest BCUT2D eigenvalue weighted by Crippen LogP contribution is -2.45. The van der Waals surface area contributed by atoms with E-state index < -0.39 is 17.8 Å². The zero-order valence-corrected chi connectivity index (χ0v) is 10.3. The number of halogens is 2. The Hall–Kier alpha value is -0.180. The van der Waals surface area contributed by atoms with E-state index >= 15 is 0 Å². The second-order valence-electron chi connectivity index (χ2n) is 5.23. The Kier molecular flexibility index (Phi) is 4.10. The molecule has 0 aromatic carbocycles. The maximum atomic E-state index is 13.7. The van der Waals surface area contributed by atoms with Gasteiger partial charge in [-0.05, 0) is 39.8 Å². The number of nitrogens with zero attached hydrogens (tertiary/aromatic N) is 1. The molecule has 0 aromatic heterocycles. The lowest BCUT2D eigenvalue weighted by molar-refractivity contribution is -0.115. The van der Waals surface area contributed by atoms with Crippen molar-refractivity contribution in [1.29, 1.82) is 0 Å². The zero-order valence-electron chi connectivity index (χ0n) is 10.3. The summed E-state index contributed by atoms with van der Waals surface area (Å²) in [6.45, 7) is 9.14. The molecule has 1 fully saturated rings. The molecule has 90 valence electrons. The first-order valence-electron chi connectivity index (χ1n) is 5.97. The van der Waals surface area contributed by atoms with Crippen LogP contribution in [0.3, 0.4) is 0 Å². The monoisotopic (exact) mass is 219 g/mol. The molecule has 0 amide bonds. The van der Waals surface area contributed by atoms with Gasteiger partial charge in [0, 0.05) is 17.9 Å². The third-order valence-electron chi connectivity index (χ3n) is 3.57. The summed E-state index contributed by atoms with van der Waals surface area (Å²) in [5, 5.41) is 0. The van der Waals surface area contributed by atoms with Crippen molar-refractivity contribution >= 4 is 0 Å². The summed E-state index contributed by atoms with van der Waals surface area (Å²) in [6.07, 6.45) is 1.28. The Labute approximate surface area is 91.8 Å². The molecule has 1 nitrogen and oxygen atoms in total. The van der Waals surface area contributed by atoms with Crippen LogP contribution in [0.2, 0.25) is 0 Å². The van der Waals surface area contributed by atoms with Crippen LogP contribution in [0.25, 0.3) is 0 Å². The second kappa shape index (κ2) is 4.77.